The van der Waals surface area contributed by atoms with Crippen molar-refractivity contribution >= 4 is 17.2 Å². The van der Waals surface area contributed by atoms with Crippen molar-refractivity contribution in [3.05, 3.63) is 59.2 Å². The molecule has 3 aromatic rings. The lowest BCUT2D eigenvalue weighted by atomic mass is 9.99. The van der Waals surface area contributed by atoms with Gasteiger partial charge in [-0.25, -0.2) is 8.78 Å². The van der Waals surface area contributed by atoms with Gasteiger partial charge in [0.1, 0.15) is 11.6 Å². The summed E-state index contributed by atoms with van der Waals surface area (Å²) >= 11 is 0. The van der Waals surface area contributed by atoms with Crippen molar-refractivity contribution in [1.29, 1.82) is 0 Å². The van der Waals surface area contributed by atoms with Gasteiger partial charge in [-0.05, 0) is 35.7 Å². The molecule has 2 nitrogen and oxygen atoms in total. The summed E-state index contributed by atoms with van der Waals surface area (Å²) in [6.07, 6.45) is 0.643. The first-order valence-corrected chi connectivity index (χ1v) is 7.08. The highest BCUT2D eigenvalue weighted by Crippen LogP contribution is 2.33. The minimum atomic E-state index is -0.696. The number of carbonyl (C=O) groups is 1. The lowest BCUT2D eigenvalue weighted by molar-refractivity contribution is 0.112. The Bertz CT molecular complexity index is 845. The van der Waals surface area contributed by atoms with Gasteiger partial charge in [-0.3, -0.25) is 4.79 Å². The summed E-state index contributed by atoms with van der Waals surface area (Å²) in [5.74, 6) is -1.09. The van der Waals surface area contributed by atoms with Crippen LogP contribution in [-0.2, 0) is 0 Å². The third kappa shape index (κ3) is 2.21. The minimum Gasteiger partial charge on any atom is -0.354 e. The molecule has 0 aliphatic heterocycles. The smallest absolute Gasteiger partial charge is 0.152 e. The average molecular weight is 299 g/mol. The highest BCUT2D eigenvalue weighted by Gasteiger charge is 2.19. The van der Waals surface area contributed by atoms with Gasteiger partial charge in [0.15, 0.2) is 6.29 Å². The first kappa shape index (κ1) is 14.4. The van der Waals surface area contributed by atoms with Crippen molar-refractivity contribution in [2.24, 2.45) is 0 Å². The Morgan fingerprint density at radius 1 is 1.09 bits per heavy atom. The van der Waals surface area contributed by atoms with E-state index in [1.807, 2.05) is 32.0 Å². The molecule has 0 unspecified atom stereocenters. The Morgan fingerprint density at radius 2 is 1.77 bits per heavy atom. The maximum absolute atomic E-state index is 14.0. The molecule has 0 aliphatic rings. The molecule has 0 saturated heterocycles. The van der Waals surface area contributed by atoms with Crippen LogP contribution < -0.4 is 0 Å². The topological polar surface area (TPSA) is 32.9 Å². The molecule has 0 fully saturated rings. The van der Waals surface area contributed by atoms with Crippen LogP contribution in [0.1, 0.15) is 35.7 Å². The molecule has 0 spiro atoms. The third-order valence-electron chi connectivity index (χ3n) is 3.86. The molecule has 2 aromatic carbocycles. The molecule has 3 rings (SSSR count). The molecule has 0 aliphatic carbocycles. The number of rotatable bonds is 3. The van der Waals surface area contributed by atoms with Gasteiger partial charge in [-0.2, -0.15) is 0 Å². The zero-order valence-electron chi connectivity index (χ0n) is 12.3. The molecule has 0 atom stereocenters. The maximum Gasteiger partial charge on any atom is 0.152 e. The Labute approximate surface area is 126 Å². The lowest BCUT2D eigenvalue weighted by Crippen LogP contribution is -1.93. The zero-order valence-corrected chi connectivity index (χ0v) is 12.3. The van der Waals surface area contributed by atoms with Crippen LogP contribution in [0.15, 0.2) is 36.4 Å². The number of hydrogen-bond acceptors (Lipinski definition) is 1. The van der Waals surface area contributed by atoms with Crippen LogP contribution in [0, 0.1) is 11.6 Å². The second-order valence-corrected chi connectivity index (χ2v) is 5.59. The fourth-order valence-electron chi connectivity index (χ4n) is 2.65. The van der Waals surface area contributed by atoms with E-state index >= 15 is 0 Å². The average Bonchev–Trinajstić information content (AvgIpc) is 2.84. The predicted molar refractivity (Wildman–Crippen MR) is 83.1 cm³/mol. The van der Waals surface area contributed by atoms with E-state index in [4.69, 9.17) is 0 Å². The minimum absolute atomic E-state index is 0.182. The van der Waals surface area contributed by atoms with E-state index in [1.165, 1.54) is 18.2 Å². The number of aromatic amines is 1. The number of aromatic nitrogens is 1. The van der Waals surface area contributed by atoms with Gasteiger partial charge < -0.3 is 4.98 Å². The number of hydrogen-bond donors (Lipinski definition) is 1. The van der Waals surface area contributed by atoms with Crippen LogP contribution in [0.5, 0.6) is 0 Å². The van der Waals surface area contributed by atoms with Crippen LogP contribution in [0.3, 0.4) is 0 Å². The maximum atomic E-state index is 14.0. The Kier molecular flexibility index (Phi) is 3.53. The van der Waals surface area contributed by atoms with Gasteiger partial charge in [0.2, 0.25) is 0 Å². The summed E-state index contributed by atoms with van der Waals surface area (Å²) in [5.41, 5.74) is 2.01. The Morgan fingerprint density at radius 3 is 2.36 bits per heavy atom. The van der Waals surface area contributed by atoms with Crippen LogP contribution in [0.4, 0.5) is 8.78 Å². The molecular weight excluding hydrogens is 284 g/mol. The summed E-state index contributed by atoms with van der Waals surface area (Å²) in [6, 6.07) is 9.33. The van der Waals surface area contributed by atoms with E-state index in [1.54, 1.807) is 0 Å². The molecule has 0 radical (unpaired) electrons. The van der Waals surface area contributed by atoms with Crippen molar-refractivity contribution < 1.29 is 13.6 Å². The van der Waals surface area contributed by atoms with Gasteiger partial charge in [-0.15, -0.1) is 0 Å². The predicted octanol–water partition coefficient (Wildman–Crippen LogP) is 5.05. The summed E-state index contributed by atoms with van der Waals surface area (Å²) in [6.45, 7) is 4.09. The fraction of sp³-hybridized carbons (Fsp3) is 0.167. The van der Waals surface area contributed by atoms with E-state index in [2.05, 4.69) is 4.98 Å². The number of aldehydes is 1. The van der Waals surface area contributed by atoms with E-state index in [9.17, 15) is 13.6 Å². The first-order valence-electron chi connectivity index (χ1n) is 7.08. The summed E-state index contributed by atoms with van der Waals surface area (Å²) in [4.78, 5) is 14.5. The molecule has 1 heterocycles. The molecule has 0 saturated carbocycles. The second-order valence-electron chi connectivity index (χ2n) is 5.59. The second kappa shape index (κ2) is 5.37. The zero-order chi connectivity index (χ0) is 15.9. The fourth-order valence-corrected chi connectivity index (χ4v) is 2.65. The highest BCUT2D eigenvalue weighted by molar-refractivity contribution is 6.04. The van der Waals surface area contributed by atoms with Crippen molar-refractivity contribution in [3.8, 4) is 11.3 Å². The summed E-state index contributed by atoms with van der Waals surface area (Å²) in [5, 5.41) is 0.679. The number of halogens is 2. The molecule has 1 N–H and O–H groups in total. The van der Waals surface area contributed by atoms with Crippen molar-refractivity contribution in [1.82, 2.24) is 4.98 Å². The molecule has 22 heavy (non-hydrogen) atoms. The number of benzene rings is 2. The number of carbonyl (C=O) groups excluding carboxylic acids is 1. The van der Waals surface area contributed by atoms with E-state index in [0.717, 1.165) is 5.56 Å². The summed E-state index contributed by atoms with van der Waals surface area (Å²) < 4.78 is 28.0. The Balaban J connectivity index is 2.33. The van der Waals surface area contributed by atoms with E-state index in [0.29, 0.717) is 23.1 Å². The van der Waals surface area contributed by atoms with Crippen molar-refractivity contribution in [3.63, 3.8) is 0 Å². The van der Waals surface area contributed by atoms with Crippen molar-refractivity contribution in [2.45, 2.75) is 19.8 Å². The van der Waals surface area contributed by atoms with Crippen LogP contribution in [0.2, 0.25) is 0 Å². The van der Waals surface area contributed by atoms with Crippen LogP contribution in [0.25, 0.3) is 22.2 Å². The Hall–Kier alpha value is -2.49. The number of fused-ring (bicyclic) bond motifs is 1. The van der Waals surface area contributed by atoms with Gasteiger partial charge in [-0.1, -0.05) is 26.0 Å². The quantitative estimate of drug-likeness (QED) is 0.674. The number of nitrogens with one attached hydrogen (secondary N) is 1. The monoisotopic (exact) mass is 299 g/mol. The van der Waals surface area contributed by atoms with Crippen molar-refractivity contribution in [2.75, 3.05) is 0 Å². The molecular formula is C18H15F2NO. The summed E-state index contributed by atoms with van der Waals surface area (Å²) in [7, 11) is 0. The number of H-pyrrole nitrogens is 1. The lowest BCUT2D eigenvalue weighted by Gasteiger charge is -2.05. The van der Waals surface area contributed by atoms with Gasteiger partial charge in [0, 0.05) is 16.5 Å². The SMILES string of the molecule is CC(C)c1ccc2[nH]c(-c3c(F)cccc3F)c(C=O)c2c1. The molecule has 1 aromatic heterocycles. The van der Waals surface area contributed by atoms with Crippen LogP contribution in [-0.4, -0.2) is 11.3 Å². The van der Waals surface area contributed by atoms with E-state index < -0.39 is 11.6 Å². The van der Waals surface area contributed by atoms with E-state index in [-0.39, 0.29) is 16.8 Å². The van der Waals surface area contributed by atoms with Crippen LogP contribution >= 0.6 is 0 Å². The van der Waals surface area contributed by atoms with Gasteiger partial charge in [0.05, 0.1) is 11.3 Å². The normalized spacial score (nSPS) is 11.3. The first-order chi connectivity index (χ1) is 10.5. The van der Waals surface area contributed by atoms with Gasteiger partial charge >= 0.3 is 0 Å². The molecule has 0 amide bonds. The molecule has 112 valence electrons. The third-order valence-corrected chi connectivity index (χ3v) is 3.86. The highest BCUT2D eigenvalue weighted by atomic mass is 19.1. The molecule has 0 bridgehead atoms. The standard InChI is InChI=1S/C18H15F2NO/c1-10(2)11-6-7-16-12(8-11)13(9-22)18(21-16)17-14(19)4-3-5-15(17)20/h3-10,21H,1-2H3. The van der Waals surface area contributed by atoms with Gasteiger partial charge in [0.25, 0.3) is 0 Å². The molecule has 4 heteroatoms. The largest absolute Gasteiger partial charge is 0.354 e.